The van der Waals surface area contributed by atoms with Crippen LogP contribution in [-0.4, -0.2) is 20.6 Å². The SMILES string of the molecule is CC(CC1CC1)Nc1ccc(-n2ccnc2)nc1. The molecule has 1 N–H and O–H groups in total. The van der Waals surface area contributed by atoms with E-state index in [1.807, 2.05) is 23.0 Å². The van der Waals surface area contributed by atoms with Crippen molar-refractivity contribution < 1.29 is 0 Å². The zero-order valence-corrected chi connectivity index (χ0v) is 10.6. The molecule has 1 saturated carbocycles. The van der Waals surface area contributed by atoms with Crippen LogP contribution >= 0.6 is 0 Å². The molecule has 2 heterocycles. The van der Waals surface area contributed by atoms with E-state index < -0.39 is 0 Å². The molecular weight excluding hydrogens is 224 g/mol. The van der Waals surface area contributed by atoms with Crippen molar-refractivity contribution in [3.63, 3.8) is 0 Å². The van der Waals surface area contributed by atoms with E-state index in [2.05, 4.69) is 28.3 Å². The third-order valence-electron chi connectivity index (χ3n) is 3.31. The number of rotatable bonds is 5. The van der Waals surface area contributed by atoms with Gasteiger partial charge in [-0.25, -0.2) is 9.97 Å². The van der Waals surface area contributed by atoms with Crippen molar-refractivity contribution in [3.8, 4) is 5.82 Å². The summed E-state index contributed by atoms with van der Waals surface area (Å²) < 4.78 is 1.90. The fourth-order valence-electron chi connectivity index (χ4n) is 2.22. The maximum atomic E-state index is 4.43. The van der Waals surface area contributed by atoms with Gasteiger partial charge in [0.05, 0.1) is 11.9 Å². The lowest BCUT2D eigenvalue weighted by molar-refractivity contribution is 0.642. The summed E-state index contributed by atoms with van der Waals surface area (Å²) in [5.74, 6) is 1.85. The van der Waals surface area contributed by atoms with Gasteiger partial charge in [-0.15, -0.1) is 0 Å². The molecule has 0 bridgehead atoms. The summed E-state index contributed by atoms with van der Waals surface area (Å²) in [5.41, 5.74) is 1.09. The van der Waals surface area contributed by atoms with Crippen LogP contribution in [0.3, 0.4) is 0 Å². The van der Waals surface area contributed by atoms with E-state index >= 15 is 0 Å². The normalized spacial score (nSPS) is 16.5. The van der Waals surface area contributed by atoms with Gasteiger partial charge in [0.25, 0.3) is 0 Å². The summed E-state index contributed by atoms with van der Waals surface area (Å²) >= 11 is 0. The van der Waals surface area contributed by atoms with Crippen LogP contribution in [0.25, 0.3) is 5.82 Å². The lowest BCUT2D eigenvalue weighted by atomic mass is 10.1. The first-order valence-electron chi connectivity index (χ1n) is 6.52. The quantitative estimate of drug-likeness (QED) is 0.876. The van der Waals surface area contributed by atoms with Crippen LogP contribution in [0.15, 0.2) is 37.1 Å². The van der Waals surface area contributed by atoms with Gasteiger partial charge in [-0.05, 0) is 31.4 Å². The molecule has 0 aliphatic heterocycles. The van der Waals surface area contributed by atoms with E-state index in [0.717, 1.165) is 17.4 Å². The van der Waals surface area contributed by atoms with Crippen molar-refractivity contribution in [3.05, 3.63) is 37.1 Å². The summed E-state index contributed by atoms with van der Waals surface area (Å²) in [6.45, 7) is 2.24. The Morgan fingerprint density at radius 1 is 1.44 bits per heavy atom. The Labute approximate surface area is 107 Å². The van der Waals surface area contributed by atoms with E-state index in [1.165, 1.54) is 19.3 Å². The predicted octanol–water partition coefficient (Wildman–Crippen LogP) is 2.87. The van der Waals surface area contributed by atoms with E-state index in [1.54, 1.807) is 12.5 Å². The number of hydrogen-bond acceptors (Lipinski definition) is 3. The van der Waals surface area contributed by atoms with Crippen LogP contribution in [-0.2, 0) is 0 Å². The van der Waals surface area contributed by atoms with Gasteiger partial charge in [-0.1, -0.05) is 12.8 Å². The van der Waals surface area contributed by atoms with E-state index in [0.29, 0.717) is 6.04 Å². The Kier molecular flexibility index (Phi) is 3.00. The number of nitrogens with zero attached hydrogens (tertiary/aromatic N) is 3. The van der Waals surface area contributed by atoms with E-state index in [4.69, 9.17) is 0 Å². The lowest BCUT2D eigenvalue weighted by Crippen LogP contribution is -2.15. The summed E-state index contributed by atoms with van der Waals surface area (Å²) in [6, 6.07) is 4.61. The molecule has 0 aromatic carbocycles. The third kappa shape index (κ3) is 2.70. The number of imidazole rings is 1. The molecule has 3 rings (SSSR count). The number of aromatic nitrogens is 3. The zero-order chi connectivity index (χ0) is 12.4. The molecule has 2 aromatic rings. The second-order valence-corrected chi connectivity index (χ2v) is 5.10. The van der Waals surface area contributed by atoms with Crippen molar-refractivity contribution in [2.75, 3.05) is 5.32 Å². The molecule has 0 saturated heterocycles. The van der Waals surface area contributed by atoms with Crippen LogP contribution < -0.4 is 5.32 Å². The van der Waals surface area contributed by atoms with Crippen LogP contribution in [0.5, 0.6) is 0 Å². The zero-order valence-electron chi connectivity index (χ0n) is 10.6. The Bertz CT molecular complexity index is 485. The minimum Gasteiger partial charge on any atom is -0.381 e. The second kappa shape index (κ2) is 4.80. The first-order chi connectivity index (χ1) is 8.81. The molecule has 4 nitrogen and oxygen atoms in total. The highest BCUT2D eigenvalue weighted by molar-refractivity contribution is 5.44. The molecule has 0 radical (unpaired) electrons. The van der Waals surface area contributed by atoms with Gasteiger partial charge in [0.15, 0.2) is 0 Å². The van der Waals surface area contributed by atoms with Gasteiger partial charge >= 0.3 is 0 Å². The first-order valence-corrected chi connectivity index (χ1v) is 6.52. The highest BCUT2D eigenvalue weighted by Gasteiger charge is 2.23. The molecule has 18 heavy (non-hydrogen) atoms. The molecule has 2 aromatic heterocycles. The Morgan fingerprint density at radius 3 is 2.94 bits per heavy atom. The summed E-state index contributed by atoms with van der Waals surface area (Å²) in [7, 11) is 0. The minimum absolute atomic E-state index is 0.526. The van der Waals surface area contributed by atoms with Gasteiger partial charge in [0.2, 0.25) is 0 Å². The molecular formula is C14H18N4. The molecule has 0 spiro atoms. The molecule has 1 aliphatic rings. The number of pyridine rings is 1. The fraction of sp³-hybridized carbons (Fsp3) is 0.429. The second-order valence-electron chi connectivity index (χ2n) is 5.10. The highest BCUT2D eigenvalue weighted by atomic mass is 15.1. The highest BCUT2D eigenvalue weighted by Crippen LogP contribution is 2.34. The van der Waals surface area contributed by atoms with Crippen LogP contribution in [0, 0.1) is 5.92 Å². The van der Waals surface area contributed by atoms with Crippen LogP contribution in [0.2, 0.25) is 0 Å². The Balaban J connectivity index is 1.63. The average molecular weight is 242 g/mol. The molecule has 1 aliphatic carbocycles. The molecule has 1 atom stereocenters. The molecule has 1 fully saturated rings. The standard InChI is InChI=1S/C14H18N4/c1-11(8-12-2-3-12)17-13-4-5-14(16-9-13)18-7-6-15-10-18/h4-7,9-12,17H,2-3,8H2,1H3. The maximum Gasteiger partial charge on any atom is 0.137 e. The summed E-state index contributed by atoms with van der Waals surface area (Å²) in [4.78, 5) is 8.45. The maximum absolute atomic E-state index is 4.43. The third-order valence-corrected chi connectivity index (χ3v) is 3.31. The predicted molar refractivity (Wildman–Crippen MR) is 71.8 cm³/mol. The van der Waals surface area contributed by atoms with Gasteiger partial charge in [0, 0.05) is 18.4 Å². The van der Waals surface area contributed by atoms with Crippen molar-refractivity contribution in [2.45, 2.75) is 32.2 Å². The summed E-state index contributed by atoms with van der Waals surface area (Å²) in [6.07, 6.45) is 11.4. The molecule has 94 valence electrons. The summed E-state index contributed by atoms with van der Waals surface area (Å²) in [5, 5.41) is 3.50. The smallest absolute Gasteiger partial charge is 0.137 e. The number of nitrogens with one attached hydrogen (secondary N) is 1. The molecule has 1 unspecified atom stereocenters. The van der Waals surface area contributed by atoms with Gasteiger partial charge in [-0.2, -0.15) is 0 Å². The Morgan fingerprint density at radius 2 is 2.33 bits per heavy atom. The van der Waals surface area contributed by atoms with Crippen molar-refractivity contribution in [1.29, 1.82) is 0 Å². The largest absolute Gasteiger partial charge is 0.381 e. The van der Waals surface area contributed by atoms with Crippen molar-refractivity contribution >= 4 is 5.69 Å². The van der Waals surface area contributed by atoms with E-state index in [9.17, 15) is 0 Å². The average Bonchev–Trinajstić information content (AvgIpc) is 3.01. The molecule has 4 heteroatoms. The minimum atomic E-state index is 0.526. The lowest BCUT2D eigenvalue weighted by Gasteiger charge is -2.14. The Hall–Kier alpha value is -1.84. The van der Waals surface area contributed by atoms with Crippen molar-refractivity contribution in [1.82, 2.24) is 14.5 Å². The fourth-order valence-corrected chi connectivity index (χ4v) is 2.22. The van der Waals surface area contributed by atoms with Gasteiger partial charge in [0.1, 0.15) is 12.1 Å². The van der Waals surface area contributed by atoms with Gasteiger partial charge in [-0.3, -0.25) is 4.57 Å². The first kappa shape index (κ1) is 11.3. The van der Waals surface area contributed by atoms with Gasteiger partial charge < -0.3 is 5.32 Å². The van der Waals surface area contributed by atoms with Crippen molar-refractivity contribution in [2.24, 2.45) is 5.92 Å². The molecule has 0 amide bonds. The number of anilines is 1. The van der Waals surface area contributed by atoms with Crippen LogP contribution in [0.1, 0.15) is 26.2 Å². The monoisotopic (exact) mass is 242 g/mol. The van der Waals surface area contributed by atoms with E-state index in [-0.39, 0.29) is 0 Å². The van der Waals surface area contributed by atoms with Crippen LogP contribution in [0.4, 0.5) is 5.69 Å². The topological polar surface area (TPSA) is 42.7 Å². The number of hydrogen-bond donors (Lipinski definition) is 1.